The molecule has 1 aliphatic carbocycles. The summed E-state index contributed by atoms with van der Waals surface area (Å²) in [6.45, 7) is 3.90. The molecule has 92 valence electrons. The van der Waals surface area contributed by atoms with E-state index in [1.54, 1.807) is 0 Å². The van der Waals surface area contributed by atoms with E-state index in [2.05, 4.69) is 0 Å². The highest BCUT2D eigenvalue weighted by Gasteiger charge is 2.53. The second-order valence-corrected chi connectivity index (χ2v) is 5.87. The summed E-state index contributed by atoms with van der Waals surface area (Å²) in [7, 11) is 0. The van der Waals surface area contributed by atoms with Gasteiger partial charge in [-0.15, -0.1) is 0 Å². The number of primary amides is 1. The molecule has 1 aliphatic rings. The Morgan fingerprint density at radius 1 is 1.29 bits per heavy atom. The summed E-state index contributed by atoms with van der Waals surface area (Å²) < 4.78 is 0. The average molecular weight is 252 g/mol. The van der Waals surface area contributed by atoms with E-state index in [9.17, 15) is 4.79 Å². The first-order valence-electron chi connectivity index (χ1n) is 5.96. The van der Waals surface area contributed by atoms with Gasteiger partial charge in [-0.2, -0.15) is 0 Å². The molecule has 0 bridgehead atoms. The van der Waals surface area contributed by atoms with Crippen molar-refractivity contribution in [3.63, 3.8) is 0 Å². The summed E-state index contributed by atoms with van der Waals surface area (Å²) in [4.78, 5) is 11.7. The number of amides is 1. The van der Waals surface area contributed by atoms with Gasteiger partial charge < -0.3 is 5.73 Å². The molecule has 1 amide bonds. The normalized spacial score (nSPS) is 18.5. The molecular weight excluding hydrogens is 234 g/mol. The number of rotatable bonds is 3. The van der Waals surface area contributed by atoms with Crippen molar-refractivity contribution in [1.29, 1.82) is 0 Å². The highest BCUT2D eigenvalue weighted by molar-refractivity contribution is 6.30. The molecule has 1 fully saturated rings. The smallest absolute Gasteiger partial charge is 0.223 e. The summed E-state index contributed by atoms with van der Waals surface area (Å²) in [5, 5.41) is 0.722. The number of carbonyl (C=O) groups excluding carboxylic acids is 1. The van der Waals surface area contributed by atoms with E-state index < -0.39 is 5.41 Å². The van der Waals surface area contributed by atoms with Gasteiger partial charge in [-0.25, -0.2) is 0 Å². The summed E-state index contributed by atoms with van der Waals surface area (Å²) >= 11 is 5.91. The Bertz CT molecular complexity index is 432. The largest absolute Gasteiger partial charge is 0.369 e. The molecule has 0 atom stereocenters. The van der Waals surface area contributed by atoms with E-state index in [1.807, 2.05) is 38.1 Å². The second-order valence-electron chi connectivity index (χ2n) is 5.43. The maximum absolute atomic E-state index is 11.7. The lowest BCUT2D eigenvalue weighted by molar-refractivity contribution is -0.132. The highest BCUT2D eigenvalue weighted by Crippen LogP contribution is 2.55. The number of nitrogens with two attached hydrogens (primary N) is 1. The Hall–Kier alpha value is -1.02. The van der Waals surface area contributed by atoms with E-state index >= 15 is 0 Å². The molecule has 0 radical (unpaired) electrons. The second kappa shape index (κ2) is 4.02. The molecule has 1 aromatic carbocycles. The van der Waals surface area contributed by atoms with E-state index in [0.717, 1.165) is 24.3 Å². The quantitative estimate of drug-likeness (QED) is 0.880. The predicted molar refractivity (Wildman–Crippen MR) is 70.0 cm³/mol. The third-order valence-corrected chi connectivity index (χ3v) is 4.67. The first-order chi connectivity index (χ1) is 7.90. The molecule has 3 heteroatoms. The monoisotopic (exact) mass is 251 g/mol. The Kier molecular flexibility index (Phi) is 2.94. The Balaban J connectivity index is 2.45. The van der Waals surface area contributed by atoms with Gasteiger partial charge in [-0.1, -0.05) is 44.0 Å². The fourth-order valence-electron chi connectivity index (χ4n) is 2.81. The van der Waals surface area contributed by atoms with E-state index in [4.69, 9.17) is 17.3 Å². The number of benzene rings is 1. The molecule has 17 heavy (non-hydrogen) atoms. The van der Waals surface area contributed by atoms with Crippen LogP contribution in [-0.4, -0.2) is 5.91 Å². The minimum atomic E-state index is -0.515. The maximum atomic E-state index is 11.7. The van der Waals surface area contributed by atoms with Gasteiger partial charge in [0.25, 0.3) is 0 Å². The fourth-order valence-corrected chi connectivity index (χ4v) is 2.94. The van der Waals surface area contributed by atoms with E-state index in [1.165, 1.54) is 5.56 Å². The summed E-state index contributed by atoms with van der Waals surface area (Å²) in [5.74, 6) is -0.229. The predicted octanol–water partition coefficient (Wildman–Crippen LogP) is 3.27. The van der Waals surface area contributed by atoms with E-state index in [-0.39, 0.29) is 11.3 Å². The molecule has 1 aromatic rings. The van der Waals surface area contributed by atoms with Crippen molar-refractivity contribution in [2.45, 2.75) is 38.5 Å². The van der Waals surface area contributed by atoms with Crippen molar-refractivity contribution in [3.8, 4) is 0 Å². The molecule has 2 nitrogen and oxygen atoms in total. The molecule has 1 saturated carbocycles. The van der Waals surface area contributed by atoms with Crippen LogP contribution < -0.4 is 5.73 Å². The van der Waals surface area contributed by atoms with Gasteiger partial charge >= 0.3 is 0 Å². The lowest BCUT2D eigenvalue weighted by Gasteiger charge is -2.52. The van der Waals surface area contributed by atoms with Crippen LogP contribution in [0.2, 0.25) is 5.02 Å². The molecule has 0 unspecified atom stereocenters. The Morgan fingerprint density at radius 3 is 2.18 bits per heavy atom. The molecular formula is C14H18ClNO. The molecule has 0 spiro atoms. The molecule has 0 heterocycles. The third-order valence-electron chi connectivity index (χ3n) is 4.42. The first kappa shape index (κ1) is 12.4. The number of carbonyl (C=O) groups is 1. The number of hydrogen-bond donors (Lipinski definition) is 1. The molecule has 0 aromatic heterocycles. The lowest BCUT2D eigenvalue weighted by Crippen LogP contribution is -2.54. The average Bonchev–Trinajstić information content (AvgIpc) is 2.18. The Labute approximate surface area is 107 Å². The van der Waals surface area contributed by atoms with Gasteiger partial charge in [0.05, 0.1) is 5.41 Å². The summed E-state index contributed by atoms with van der Waals surface area (Å²) in [5.41, 5.74) is 6.12. The minimum absolute atomic E-state index is 0.108. The van der Waals surface area contributed by atoms with Gasteiger partial charge in [0.2, 0.25) is 5.91 Å². The van der Waals surface area contributed by atoms with Crippen LogP contribution in [0.5, 0.6) is 0 Å². The van der Waals surface area contributed by atoms with Crippen molar-refractivity contribution >= 4 is 17.5 Å². The van der Waals surface area contributed by atoms with Crippen molar-refractivity contribution < 1.29 is 4.79 Å². The fraction of sp³-hybridized carbons (Fsp3) is 0.500. The van der Waals surface area contributed by atoms with Gasteiger partial charge in [-0.05, 0) is 30.5 Å². The zero-order valence-electron chi connectivity index (χ0n) is 10.3. The van der Waals surface area contributed by atoms with E-state index in [0.29, 0.717) is 0 Å². The first-order valence-corrected chi connectivity index (χ1v) is 6.34. The molecule has 2 rings (SSSR count). The topological polar surface area (TPSA) is 43.1 Å². The van der Waals surface area contributed by atoms with Crippen LogP contribution in [-0.2, 0) is 10.2 Å². The molecule has 2 N–H and O–H groups in total. The number of hydrogen-bond acceptors (Lipinski definition) is 1. The van der Waals surface area contributed by atoms with Crippen LogP contribution in [0.1, 0.15) is 38.7 Å². The van der Waals surface area contributed by atoms with Crippen molar-refractivity contribution in [2.75, 3.05) is 0 Å². The SMILES string of the molecule is CC(C)(C(N)=O)C1(c2ccc(Cl)cc2)CCC1. The summed E-state index contributed by atoms with van der Waals surface area (Å²) in [6, 6.07) is 7.81. The van der Waals surface area contributed by atoms with Gasteiger partial charge in [0.15, 0.2) is 0 Å². The number of halogens is 1. The van der Waals surface area contributed by atoms with Crippen molar-refractivity contribution in [3.05, 3.63) is 34.9 Å². The lowest BCUT2D eigenvalue weighted by atomic mass is 9.51. The van der Waals surface area contributed by atoms with Crippen LogP contribution in [0, 0.1) is 5.41 Å². The maximum Gasteiger partial charge on any atom is 0.223 e. The molecule has 0 aliphatic heterocycles. The van der Waals surface area contributed by atoms with Crippen LogP contribution in [0.15, 0.2) is 24.3 Å². The van der Waals surface area contributed by atoms with Crippen LogP contribution in [0.25, 0.3) is 0 Å². The highest BCUT2D eigenvalue weighted by atomic mass is 35.5. The summed E-state index contributed by atoms with van der Waals surface area (Å²) in [6.07, 6.45) is 3.19. The zero-order chi connectivity index (χ0) is 12.7. The molecule has 0 saturated heterocycles. The standard InChI is InChI=1S/C14H18ClNO/c1-13(2,12(16)17)14(8-3-9-14)10-4-6-11(15)7-5-10/h4-7H,3,8-9H2,1-2H3,(H2,16,17). The minimum Gasteiger partial charge on any atom is -0.369 e. The zero-order valence-corrected chi connectivity index (χ0v) is 11.1. The van der Waals surface area contributed by atoms with Gasteiger partial charge in [0, 0.05) is 10.4 Å². The van der Waals surface area contributed by atoms with Crippen LogP contribution in [0.3, 0.4) is 0 Å². The van der Waals surface area contributed by atoms with Gasteiger partial charge in [-0.3, -0.25) is 4.79 Å². The van der Waals surface area contributed by atoms with Gasteiger partial charge in [0.1, 0.15) is 0 Å². The van der Waals surface area contributed by atoms with Crippen LogP contribution >= 0.6 is 11.6 Å². The van der Waals surface area contributed by atoms with Crippen molar-refractivity contribution in [2.24, 2.45) is 11.1 Å². The third kappa shape index (κ3) is 1.75. The Morgan fingerprint density at radius 2 is 1.82 bits per heavy atom. The van der Waals surface area contributed by atoms with Crippen LogP contribution in [0.4, 0.5) is 0 Å². The van der Waals surface area contributed by atoms with Crippen molar-refractivity contribution in [1.82, 2.24) is 0 Å².